The molecule has 7 heteroatoms. The molecular weight excluding hydrogens is 469 g/mol. The van der Waals surface area contributed by atoms with Gasteiger partial charge in [0.05, 0.1) is 6.54 Å². The number of hydrogen-bond donors (Lipinski definition) is 1. The molecule has 0 aromatic heterocycles. The van der Waals surface area contributed by atoms with Gasteiger partial charge in [-0.1, -0.05) is 82.6 Å². The summed E-state index contributed by atoms with van der Waals surface area (Å²) in [5.74, 6) is -0.553. The van der Waals surface area contributed by atoms with Crippen molar-refractivity contribution in [1.82, 2.24) is 5.32 Å². The van der Waals surface area contributed by atoms with Gasteiger partial charge in [-0.3, -0.25) is 0 Å². The second-order valence-corrected chi connectivity index (χ2v) is 8.15. The summed E-state index contributed by atoms with van der Waals surface area (Å²) in [5.41, 5.74) is 3.74. The Hall–Kier alpha value is -3.32. The highest BCUT2D eigenvalue weighted by molar-refractivity contribution is 9.10. The summed E-state index contributed by atoms with van der Waals surface area (Å²) in [4.78, 5) is 24.1. The maximum atomic E-state index is 12.9. The van der Waals surface area contributed by atoms with Crippen molar-refractivity contribution in [3.63, 3.8) is 0 Å². The van der Waals surface area contributed by atoms with Crippen molar-refractivity contribution in [3.05, 3.63) is 101 Å². The van der Waals surface area contributed by atoms with E-state index in [1.807, 2.05) is 60.7 Å². The molecule has 158 valence electrons. The molecule has 4 rings (SSSR count). The number of fused-ring (bicyclic) bond motifs is 3. The molecule has 1 atom stereocenters. The van der Waals surface area contributed by atoms with Crippen LogP contribution in [-0.4, -0.2) is 33.1 Å². The van der Waals surface area contributed by atoms with Crippen molar-refractivity contribution >= 4 is 41.3 Å². The Morgan fingerprint density at radius 3 is 2.44 bits per heavy atom. The topological polar surface area (TPSA) is 64.6 Å². The summed E-state index contributed by atoms with van der Waals surface area (Å²) in [6.45, 7) is 3.45. The molecular formula is C25H19BBrNO4. The molecule has 0 saturated carbocycles. The Balaban J connectivity index is 1.76. The van der Waals surface area contributed by atoms with Crippen molar-refractivity contribution in [2.24, 2.45) is 0 Å². The van der Waals surface area contributed by atoms with Crippen LogP contribution in [0.25, 0.3) is 11.1 Å². The first kappa shape index (κ1) is 21.9. The van der Waals surface area contributed by atoms with Gasteiger partial charge in [0.15, 0.2) is 5.60 Å². The fraction of sp³-hybridized carbons (Fsp3) is 0.120. The third-order valence-corrected chi connectivity index (χ3v) is 5.78. The Morgan fingerprint density at radius 2 is 1.72 bits per heavy atom. The van der Waals surface area contributed by atoms with Crippen molar-refractivity contribution < 1.29 is 19.1 Å². The molecule has 3 aromatic carbocycles. The molecule has 1 aliphatic carbocycles. The molecule has 0 bridgehead atoms. The monoisotopic (exact) mass is 487 g/mol. The fourth-order valence-electron chi connectivity index (χ4n) is 3.97. The van der Waals surface area contributed by atoms with E-state index in [4.69, 9.17) is 17.3 Å². The first-order chi connectivity index (χ1) is 15.5. The van der Waals surface area contributed by atoms with E-state index < -0.39 is 17.7 Å². The zero-order valence-corrected chi connectivity index (χ0v) is 18.7. The van der Waals surface area contributed by atoms with Gasteiger partial charge in [-0.25, -0.2) is 9.59 Å². The first-order valence-electron chi connectivity index (χ1n) is 9.97. The SMILES string of the molecule is [B]c1ccc2c(c1)-c1cc(Br)ccc1C2(OC(=O)NCCOC(=O)C=C)c1ccccc1. The molecule has 0 aliphatic heterocycles. The van der Waals surface area contributed by atoms with E-state index >= 15 is 0 Å². The molecule has 32 heavy (non-hydrogen) atoms. The average Bonchev–Trinajstić information content (AvgIpc) is 3.06. The summed E-state index contributed by atoms with van der Waals surface area (Å²) in [6, 6.07) is 21.0. The van der Waals surface area contributed by atoms with Crippen molar-refractivity contribution in [1.29, 1.82) is 0 Å². The summed E-state index contributed by atoms with van der Waals surface area (Å²) in [5, 5.41) is 2.66. The van der Waals surface area contributed by atoms with E-state index in [2.05, 4.69) is 27.8 Å². The molecule has 3 aromatic rings. The molecule has 0 saturated heterocycles. The lowest BCUT2D eigenvalue weighted by molar-refractivity contribution is -0.137. The van der Waals surface area contributed by atoms with Crippen molar-refractivity contribution in [2.75, 3.05) is 13.2 Å². The minimum Gasteiger partial charge on any atom is -0.461 e. The van der Waals surface area contributed by atoms with Gasteiger partial charge in [-0.15, -0.1) is 0 Å². The van der Waals surface area contributed by atoms with E-state index in [9.17, 15) is 9.59 Å². The standard InChI is InChI=1S/C25H19BBrNO4/c1-2-23(29)31-13-12-28-24(30)32-25(16-6-4-3-5-7-16)21-10-8-17(26)14-19(21)20-15-18(27)9-11-22(20)25/h2-11,14-15H,1,12-13H2,(H,28,30). The molecule has 1 aliphatic rings. The summed E-state index contributed by atoms with van der Waals surface area (Å²) in [7, 11) is 6.09. The zero-order chi connectivity index (χ0) is 22.7. The molecule has 0 fully saturated rings. The maximum Gasteiger partial charge on any atom is 0.408 e. The molecule has 0 spiro atoms. The lowest BCUT2D eigenvalue weighted by Gasteiger charge is -2.32. The molecule has 5 nitrogen and oxygen atoms in total. The predicted molar refractivity (Wildman–Crippen MR) is 127 cm³/mol. The third kappa shape index (κ3) is 3.96. The van der Waals surface area contributed by atoms with Gasteiger partial charge in [-0.05, 0) is 23.3 Å². The van der Waals surface area contributed by atoms with Gasteiger partial charge in [0.25, 0.3) is 0 Å². The highest BCUT2D eigenvalue weighted by Crippen LogP contribution is 2.53. The highest BCUT2D eigenvalue weighted by atomic mass is 79.9. The summed E-state index contributed by atoms with van der Waals surface area (Å²) >= 11 is 3.54. The van der Waals surface area contributed by atoms with E-state index in [0.717, 1.165) is 38.4 Å². The summed E-state index contributed by atoms with van der Waals surface area (Å²) in [6.07, 6.45) is 0.431. The van der Waals surface area contributed by atoms with E-state index in [0.29, 0.717) is 5.46 Å². The smallest absolute Gasteiger partial charge is 0.408 e. The molecule has 0 heterocycles. The number of alkyl carbamates (subject to hydrolysis) is 1. The predicted octanol–water partition coefficient (Wildman–Crippen LogP) is 3.97. The van der Waals surface area contributed by atoms with Gasteiger partial charge in [0.2, 0.25) is 0 Å². The van der Waals surface area contributed by atoms with E-state index in [1.54, 1.807) is 6.07 Å². The first-order valence-corrected chi connectivity index (χ1v) is 10.8. The number of amides is 1. The fourth-order valence-corrected chi connectivity index (χ4v) is 4.34. The van der Waals surface area contributed by atoms with Gasteiger partial charge in [0, 0.05) is 27.2 Å². The zero-order valence-electron chi connectivity index (χ0n) is 17.1. The Labute approximate surface area is 196 Å². The number of carbonyl (C=O) groups is 2. The maximum absolute atomic E-state index is 12.9. The number of hydrogen-bond acceptors (Lipinski definition) is 4. The van der Waals surface area contributed by atoms with Gasteiger partial charge in [-0.2, -0.15) is 0 Å². The van der Waals surface area contributed by atoms with Crippen molar-refractivity contribution in [2.45, 2.75) is 5.60 Å². The summed E-state index contributed by atoms with van der Waals surface area (Å²) < 4.78 is 12.0. The number of rotatable bonds is 6. The normalized spacial score (nSPS) is 15.9. The Morgan fingerprint density at radius 1 is 1.03 bits per heavy atom. The second kappa shape index (κ2) is 9.05. The van der Waals surface area contributed by atoms with Gasteiger partial charge >= 0.3 is 12.1 Å². The second-order valence-electron chi connectivity index (χ2n) is 7.23. The van der Waals surface area contributed by atoms with Crippen LogP contribution in [0.15, 0.2) is 83.9 Å². The van der Waals surface area contributed by atoms with Crippen LogP contribution in [0.2, 0.25) is 0 Å². The number of esters is 1. The molecule has 1 N–H and O–H groups in total. The Kier molecular flexibility index (Phi) is 6.19. The van der Waals surface area contributed by atoms with Crippen LogP contribution in [0.1, 0.15) is 16.7 Å². The van der Waals surface area contributed by atoms with Crippen LogP contribution in [0, 0.1) is 0 Å². The van der Waals surface area contributed by atoms with E-state index in [-0.39, 0.29) is 13.2 Å². The number of carbonyl (C=O) groups excluding carboxylic acids is 2. The molecule has 1 unspecified atom stereocenters. The van der Waals surface area contributed by atoms with Gasteiger partial charge in [0.1, 0.15) is 14.5 Å². The average molecular weight is 488 g/mol. The largest absolute Gasteiger partial charge is 0.461 e. The van der Waals surface area contributed by atoms with Gasteiger partial charge < -0.3 is 14.8 Å². The van der Waals surface area contributed by atoms with Crippen LogP contribution in [-0.2, 0) is 19.9 Å². The minimum absolute atomic E-state index is 0.00887. The lowest BCUT2D eigenvalue weighted by Crippen LogP contribution is -2.39. The number of ether oxygens (including phenoxy) is 2. The van der Waals surface area contributed by atoms with Crippen LogP contribution < -0.4 is 10.8 Å². The van der Waals surface area contributed by atoms with Crippen molar-refractivity contribution in [3.8, 4) is 11.1 Å². The van der Waals surface area contributed by atoms with Crippen LogP contribution in [0.5, 0.6) is 0 Å². The van der Waals surface area contributed by atoms with E-state index in [1.165, 1.54) is 0 Å². The van der Waals surface area contributed by atoms with Crippen LogP contribution in [0.4, 0.5) is 4.79 Å². The Bertz CT molecular complexity index is 1140. The minimum atomic E-state index is -1.16. The van der Waals surface area contributed by atoms with Crippen LogP contribution >= 0.6 is 15.9 Å². The molecule has 2 radical (unpaired) electrons. The number of benzene rings is 3. The third-order valence-electron chi connectivity index (χ3n) is 5.28. The van der Waals surface area contributed by atoms with Crippen LogP contribution in [0.3, 0.4) is 0 Å². The molecule has 1 amide bonds. The number of nitrogens with one attached hydrogen (secondary N) is 1. The highest BCUT2D eigenvalue weighted by Gasteiger charge is 2.48. The lowest BCUT2D eigenvalue weighted by atomic mass is 9.83. The quantitative estimate of drug-likeness (QED) is 0.247. The number of halogens is 1.